The van der Waals surface area contributed by atoms with E-state index in [9.17, 15) is 0 Å². The van der Waals surface area contributed by atoms with Crippen molar-refractivity contribution in [3.8, 4) is 0 Å². The fourth-order valence-corrected chi connectivity index (χ4v) is 2.14. The standard InChI is InChI=1S/C9H20N2S/c1-11(5-6-12-2)8-9-3-4-10-7-9/h9-10H,3-8H2,1-2H3. The molecule has 1 aliphatic rings. The highest BCUT2D eigenvalue weighted by Crippen LogP contribution is 2.08. The first kappa shape index (κ1) is 10.4. The molecule has 1 atom stereocenters. The monoisotopic (exact) mass is 188 g/mol. The zero-order chi connectivity index (χ0) is 8.81. The van der Waals surface area contributed by atoms with E-state index in [2.05, 4.69) is 23.5 Å². The van der Waals surface area contributed by atoms with Gasteiger partial charge in [-0.2, -0.15) is 11.8 Å². The molecule has 1 fully saturated rings. The lowest BCUT2D eigenvalue weighted by molar-refractivity contribution is 0.301. The van der Waals surface area contributed by atoms with Crippen LogP contribution in [0.5, 0.6) is 0 Å². The van der Waals surface area contributed by atoms with Crippen molar-refractivity contribution in [1.82, 2.24) is 10.2 Å². The van der Waals surface area contributed by atoms with Gasteiger partial charge in [0.15, 0.2) is 0 Å². The minimum Gasteiger partial charge on any atom is -0.316 e. The van der Waals surface area contributed by atoms with E-state index in [0.717, 1.165) is 5.92 Å². The Morgan fingerprint density at radius 2 is 2.42 bits per heavy atom. The molecule has 3 heteroatoms. The lowest BCUT2D eigenvalue weighted by Crippen LogP contribution is -2.28. The van der Waals surface area contributed by atoms with E-state index >= 15 is 0 Å². The van der Waals surface area contributed by atoms with Crippen molar-refractivity contribution in [3.63, 3.8) is 0 Å². The topological polar surface area (TPSA) is 15.3 Å². The van der Waals surface area contributed by atoms with Crippen LogP contribution < -0.4 is 5.32 Å². The molecule has 2 nitrogen and oxygen atoms in total. The number of nitrogens with one attached hydrogen (secondary N) is 1. The molecule has 0 aromatic carbocycles. The summed E-state index contributed by atoms with van der Waals surface area (Å²) < 4.78 is 0. The van der Waals surface area contributed by atoms with Crippen molar-refractivity contribution in [2.24, 2.45) is 5.92 Å². The summed E-state index contributed by atoms with van der Waals surface area (Å²) in [7, 11) is 2.23. The van der Waals surface area contributed by atoms with Crippen LogP contribution in [0.2, 0.25) is 0 Å². The smallest absolute Gasteiger partial charge is 0.00693 e. The molecule has 1 rings (SSSR count). The predicted molar refractivity (Wildman–Crippen MR) is 56.9 cm³/mol. The van der Waals surface area contributed by atoms with Crippen molar-refractivity contribution < 1.29 is 0 Å². The number of thioether (sulfide) groups is 1. The van der Waals surface area contributed by atoms with E-state index in [1.54, 1.807) is 0 Å². The second kappa shape index (κ2) is 5.84. The van der Waals surface area contributed by atoms with Gasteiger partial charge in [-0.15, -0.1) is 0 Å². The van der Waals surface area contributed by atoms with Gasteiger partial charge in [0.2, 0.25) is 0 Å². The highest BCUT2D eigenvalue weighted by molar-refractivity contribution is 7.98. The summed E-state index contributed by atoms with van der Waals surface area (Å²) in [5, 5.41) is 3.40. The fourth-order valence-electron chi connectivity index (χ4n) is 1.65. The highest BCUT2D eigenvalue weighted by atomic mass is 32.2. The molecule has 0 saturated carbocycles. The van der Waals surface area contributed by atoms with Gasteiger partial charge >= 0.3 is 0 Å². The molecule has 0 radical (unpaired) electrons. The molecular formula is C9H20N2S. The van der Waals surface area contributed by atoms with Crippen LogP contribution >= 0.6 is 11.8 Å². The van der Waals surface area contributed by atoms with Crippen molar-refractivity contribution >= 4 is 11.8 Å². The second-order valence-corrected chi connectivity index (χ2v) is 4.60. The second-order valence-electron chi connectivity index (χ2n) is 3.61. The molecule has 12 heavy (non-hydrogen) atoms. The first-order chi connectivity index (χ1) is 5.83. The van der Waals surface area contributed by atoms with Crippen LogP contribution in [-0.2, 0) is 0 Å². The van der Waals surface area contributed by atoms with E-state index in [1.807, 2.05) is 11.8 Å². The zero-order valence-electron chi connectivity index (χ0n) is 8.18. The van der Waals surface area contributed by atoms with Gasteiger partial charge in [-0.3, -0.25) is 0 Å². The number of rotatable bonds is 5. The first-order valence-electron chi connectivity index (χ1n) is 4.71. The van der Waals surface area contributed by atoms with Gasteiger partial charge in [0, 0.05) is 18.8 Å². The molecule has 0 bridgehead atoms. The van der Waals surface area contributed by atoms with Gasteiger partial charge in [0.05, 0.1) is 0 Å². The third kappa shape index (κ3) is 3.78. The van der Waals surface area contributed by atoms with Gasteiger partial charge < -0.3 is 10.2 Å². The van der Waals surface area contributed by atoms with Gasteiger partial charge in [-0.25, -0.2) is 0 Å². The zero-order valence-corrected chi connectivity index (χ0v) is 8.99. The quantitative estimate of drug-likeness (QED) is 0.690. The Morgan fingerprint density at radius 3 is 3.00 bits per heavy atom. The molecular weight excluding hydrogens is 168 g/mol. The Kier molecular flexibility index (Phi) is 5.04. The Hall–Kier alpha value is 0.270. The Morgan fingerprint density at radius 1 is 1.58 bits per heavy atom. The van der Waals surface area contributed by atoms with Crippen LogP contribution in [0.3, 0.4) is 0 Å². The van der Waals surface area contributed by atoms with Crippen molar-refractivity contribution in [2.45, 2.75) is 6.42 Å². The van der Waals surface area contributed by atoms with E-state index < -0.39 is 0 Å². The fraction of sp³-hybridized carbons (Fsp3) is 1.00. The summed E-state index contributed by atoms with van der Waals surface area (Å²) in [5.74, 6) is 2.16. The lowest BCUT2D eigenvalue weighted by Gasteiger charge is -2.19. The van der Waals surface area contributed by atoms with Crippen LogP contribution in [-0.4, -0.2) is 50.1 Å². The van der Waals surface area contributed by atoms with Crippen molar-refractivity contribution in [3.05, 3.63) is 0 Å². The Balaban J connectivity index is 2.03. The molecule has 1 heterocycles. The summed E-state index contributed by atoms with van der Waals surface area (Å²) >= 11 is 1.93. The van der Waals surface area contributed by atoms with Gasteiger partial charge in [0.1, 0.15) is 0 Å². The van der Waals surface area contributed by atoms with E-state index in [0.29, 0.717) is 0 Å². The van der Waals surface area contributed by atoms with Crippen LogP contribution in [0.4, 0.5) is 0 Å². The van der Waals surface area contributed by atoms with E-state index in [1.165, 1.54) is 38.4 Å². The summed E-state index contributed by atoms with van der Waals surface area (Å²) in [5.41, 5.74) is 0. The maximum absolute atomic E-state index is 3.40. The van der Waals surface area contributed by atoms with Crippen LogP contribution in [0.15, 0.2) is 0 Å². The Labute approximate surface area is 80.1 Å². The normalized spacial score (nSPS) is 23.8. The molecule has 1 unspecified atom stereocenters. The maximum Gasteiger partial charge on any atom is 0.00693 e. The molecule has 0 aromatic heterocycles. The summed E-state index contributed by atoms with van der Waals surface area (Å²) in [4.78, 5) is 2.45. The maximum atomic E-state index is 3.40. The third-order valence-corrected chi connectivity index (χ3v) is 3.00. The van der Waals surface area contributed by atoms with Crippen LogP contribution in [0, 0.1) is 5.92 Å². The van der Waals surface area contributed by atoms with Gasteiger partial charge in [0.25, 0.3) is 0 Å². The summed E-state index contributed by atoms with van der Waals surface area (Å²) in [6.45, 7) is 4.95. The van der Waals surface area contributed by atoms with Crippen molar-refractivity contribution in [2.75, 3.05) is 45.2 Å². The predicted octanol–water partition coefficient (Wildman–Crippen LogP) is 0.891. The molecule has 1 aliphatic heterocycles. The SMILES string of the molecule is CSCCN(C)CC1CCNC1. The minimum atomic E-state index is 0.900. The highest BCUT2D eigenvalue weighted by Gasteiger charge is 2.15. The largest absolute Gasteiger partial charge is 0.316 e. The average Bonchev–Trinajstić information content (AvgIpc) is 2.53. The molecule has 0 spiro atoms. The number of hydrogen-bond acceptors (Lipinski definition) is 3. The lowest BCUT2D eigenvalue weighted by atomic mass is 10.1. The van der Waals surface area contributed by atoms with E-state index in [4.69, 9.17) is 0 Å². The summed E-state index contributed by atoms with van der Waals surface area (Å²) in [6.07, 6.45) is 3.54. The Bertz CT molecular complexity index is 113. The molecule has 0 amide bonds. The molecule has 1 saturated heterocycles. The molecule has 72 valence electrons. The molecule has 0 aromatic rings. The van der Waals surface area contributed by atoms with E-state index in [-0.39, 0.29) is 0 Å². The van der Waals surface area contributed by atoms with Crippen LogP contribution in [0.25, 0.3) is 0 Å². The number of hydrogen-bond donors (Lipinski definition) is 1. The third-order valence-electron chi connectivity index (χ3n) is 2.41. The first-order valence-corrected chi connectivity index (χ1v) is 6.10. The summed E-state index contributed by atoms with van der Waals surface area (Å²) in [6, 6.07) is 0. The van der Waals surface area contributed by atoms with Gasteiger partial charge in [-0.05, 0) is 38.7 Å². The van der Waals surface area contributed by atoms with Crippen molar-refractivity contribution in [1.29, 1.82) is 0 Å². The molecule has 1 N–H and O–H groups in total. The van der Waals surface area contributed by atoms with Crippen LogP contribution in [0.1, 0.15) is 6.42 Å². The minimum absolute atomic E-state index is 0.900. The number of nitrogens with zero attached hydrogens (tertiary/aromatic N) is 1. The van der Waals surface area contributed by atoms with Gasteiger partial charge in [-0.1, -0.05) is 0 Å². The average molecular weight is 188 g/mol. The molecule has 0 aliphatic carbocycles.